The van der Waals surface area contributed by atoms with Gasteiger partial charge in [-0.15, -0.1) is 11.3 Å². The Morgan fingerprint density at radius 1 is 1.43 bits per heavy atom. The van der Waals surface area contributed by atoms with E-state index in [-0.39, 0.29) is 16.7 Å². The first-order valence-electron chi connectivity index (χ1n) is 6.81. The van der Waals surface area contributed by atoms with E-state index in [1.807, 2.05) is 11.4 Å². The number of thiophene rings is 1. The van der Waals surface area contributed by atoms with Crippen LogP contribution in [0.3, 0.4) is 0 Å². The quantitative estimate of drug-likeness (QED) is 0.641. The fourth-order valence-corrected chi connectivity index (χ4v) is 3.27. The molecule has 5 nitrogen and oxygen atoms in total. The van der Waals surface area contributed by atoms with Crippen LogP contribution in [0.5, 0.6) is 5.75 Å². The van der Waals surface area contributed by atoms with Gasteiger partial charge >= 0.3 is 0 Å². The largest absolute Gasteiger partial charge is 0.496 e. The molecule has 110 valence electrons. The highest BCUT2D eigenvalue weighted by Crippen LogP contribution is 2.45. The summed E-state index contributed by atoms with van der Waals surface area (Å²) in [6.07, 6.45) is 2.33. The lowest BCUT2D eigenvalue weighted by molar-refractivity contribution is -0.384. The molecule has 6 heteroatoms. The molecule has 21 heavy (non-hydrogen) atoms. The molecule has 1 atom stereocenters. The van der Waals surface area contributed by atoms with Gasteiger partial charge in [0.05, 0.1) is 24.1 Å². The molecular weight excluding hydrogens is 288 g/mol. The number of rotatable bonds is 6. The zero-order chi connectivity index (χ0) is 14.8. The average molecular weight is 304 g/mol. The number of benzene rings is 1. The van der Waals surface area contributed by atoms with Gasteiger partial charge in [-0.3, -0.25) is 10.1 Å². The Morgan fingerprint density at radius 2 is 2.24 bits per heavy atom. The molecule has 0 aliphatic heterocycles. The third kappa shape index (κ3) is 3.00. The topological polar surface area (TPSA) is 64.4 Å². The number of ether oxygens (including phenoxy) is 1. The lowest BCUT2D eigenvalue weighted by Gasteiger charge is -2.18. The molecule has 2 aromatic rings. The molecule has 0 amide bonds. The zero-order valence-corrected chi connectivity index (χ0v) is 12.4. The fraction of sp³-hybridized carbons (Fsp3) is 0.333. The van der Waals surface area contributed by atoms with Gasteiger partial charge in [0.2, 0.25) is 0 Å². The number of nitrogens with zero attached hydrogens (tertiary/aromatic N) is 1. The SMILES string of the molecule is COc1ccc(NC(c2cccs2)C2CC2)c([N+](=O)[O-])c1. The second kappa shape index (κ2) is 5.73. The van der Waals surface area contributed by atoms with Gasteiger partial charge in [0.15, 0.2) is 0 Å². The Hall–Kier alpha value is -2.08. The van der Waals surface area contributed by atoms with Crippen LogP contribution in [0.1, 0.15) is 23.8 Å². The van der Waals surface area contributed by atoms with Crippen molar-refractivity contribution in [2.24, 2.45) is 5.92 Å². The molecule has 1 fully saturated rings. The minimum Gasteiger partial charge on any atom is -0.496 e. The highest BCUT2D eigenvalue weighted by molar-refractivity contribution is 7.10. The van der Waals surface area contributed by atoms with E-state index in [1.165, 1.54) is 30.9 Å². The highest BCUT2D eigenvalue weighted by Gasteiger charge is 2.34. The number of nitro groups is 1. The van der Waals surface area contributed by atoms with Gasteiger partial charge in [0.25, 0.3) is 5.69 Å². The van der Waals surface area contributed by atoms with Crippen LogP contribution in [0.25, 0.3) is 0 Å². The Kier molecular flexibility index (Phi) is 3.79. The third-order valence-corrected chi connectivity index (χ3v) is 4.61. The number of anilines is 1. The molecule has 0 saturated heterocycles. The van der Waals surface area contributed by atoms with Crippen LogP contribution >= 0.6 is 11.3 Å². The van der Waals surface area contributed by atoms with Crippen LogP contribution in [0.2, 0.25) is 0 Å². The first-order valence-corrected chi connectivity index (χ1v) is 7.69. The van der Waals surface area contributed by atoms with E-state index in [0.29, 0.717) is 17.4 Å². The summed E-state index contributed by atoms with van der Waals surface area (Å²) < 4.78 is 5.07. The van der Waals surface area contributed by atoms with Crippen molar-refractivity contribution in [2.45, 2.75) is 18.9 Å². The van der Waals surface area contributed by atoms with Crippen LogP contribution in [-0.2, 0) is 0 Å². The maximum absolute atomic E-state index is 11.3. The van der Waals surface area contributed by atoms with Crippen LogP contribution in [0, 0.1) is 16.0 Å². The zero-order valence-electron chi connectivity index (χ0n) is 11.6. The number of methoxy groups -OCH3 is 1. The minimum absolute atomic E-state index is 0.0524. The maximum Gasteiger partial charge on any atom is 0.296 e. The third-order valence-electron chi connectivity index (χ3n) is 3.66. The first kappa shape index (κ1) is 13.9. The van der Waals surface area contributed by atoms with Crippen molar-refractivity contribution in [3.63, 3.8) is 0 Å². The van der Waals surface area contributed by atoms with E-state index in [4.69, 9.17) is 4.74 Å². The van der Waals surface area contributed by atoms with E-state index in [0.717, 1.165) is 0 Å². The summed E-state index contributed by atoms with van der Waals surface area (Å²) in [6, 6.07) is 9.17. The Labute approximate surface area is 126 Å². The molecule has 3 rings (SSSR count). The van der Waals surface area contributed by atoms with E-state index >= 15 is 0 Å². The van der Waals surface area contributed by atoms with Gasteiger partial charge in [-0.2, -0.15) is 0 Å². The number of nitro benzene ring substituents is 1. The average Bonchev–Trinajstić information content (AvgIpc) is 3.18. The second-order valence-electron chi connectivity index (χ2n) is 5.12. The van der Waals surface area contributed by atoms with Gasteiger partial charge in [0, 0.05) is 4.88 Å². The van der Waals surface area contributed by atoms with Crippen LogP contribution < -0.4 is 10.1 Å². The lowest BCUT2D eigenvalue weighted by Crippen LogP contribution is -2.12. The van der Waals surface area contributed by atoms with Crippen molar-refractivity contribution >= 4 is 22.7 Å². The van der Waals surface area contributed by atoms with Crippen molar-refractivity contribution < 1.29 is 9.66 Å². The monoisotopic (exact) mass is 304 g/mol. The predicted molar refractivity (Wildman–Crippen MR) is 83.1 cm³/mol. The molecular formula is C15H16N2O3S. The molecule has 0 spiro atoms. The molecule has 1 aliphatic carbocycles. The maximum atomic E-state index is 11.3. The summed E-state index contributed by atoms with van der Waals surface area (Å²) in [6.45, 7) is 0. The number of hydrogen-bond acceptors (Lipinski definition) is 5. The van der Waals surface area contributed by atoms with Crippen LogP contribution in [-0.4, -0.2) is 12.0 Å². The lowest BCUT2D eigenvalue weighted by atomic mass is 10.1. The van der Waals surface area contributed by atoms with E-state index < -0.39 is 0 Å². The summed E-state index contributed by atoms with van der Waals surface area (Å²) in [5.41, 5.74) is 0.600. The normalized spacial score (nSPS) is 15.5. The molecule has 1 aliphatic rings. The fourth-order valence-electron chi connectivity index (χ4n) is 2.40. The van der Waals surface area contributed by atoms with Crippen molar-refractivity contribution in [3.05, 3.63) is 50.7 Å². The Morgan fingerprint density at radius 3 is 2.81 bits per heavy atom. The van der Waals surface area contributed by atoms with Gasteiger partial charge in [-0.1, -0.05) is 6.07 Å². The molecule has 0 bridgehead atoms. The van der Waals surface area contributed by atoms with E-state index in [1.54, 1.807) is 23.5 Å². The Balaban J connectivity index is 1.90. The van der Waals surface area contributed by atoms with Gasteiger partial charge in [0.1, 0.15) is 11.4 Å². The summed E-state index contributed by atoms with van der Waals surface area (Å²) in [4.78, 5) is 12.1. The van der Waals surface area contributed by atoms with Crippen molar-refractivity contribution in [1.29, 1.82) is 0 Å². The van der Waals surface area contributed by atoms with Crippen molar-refractivity contribution in [2.75, 3.05) is 12.4 Å². The summed E-state index contributed by atoms with van der Waals surface area (Å²) in [7, 11) is 1.50. The summed E-state index contributed by atoms with van der Waals surface area (Å²) >= 11 is 1.68. The number of hydrogen-bond donors (Lipinski definition) is 1. The molecule has 1 aromatic carbocycles. The molecule has 1 heterocycles. The Bertz CT molecular complexity index is 638. The standard InChI is InChI=1S/C15H16N2O3S/c1-20-11-6-7-12(13(9-11)17(18)19)16-15(10-4-5-10)14-3-2-8-21-14/h2-3,6-10,15-16H,4-5H2,1H3. The molecule has 1 saturated carbocycles. The summed E-state index contributed by atoms with van der Waals surface area (Å²) in [5, 5.41) is 16.7. The predicted octanol–water partition coefficient (Wildman–Crippen LogP) is 4.23. The molecule has 1 aromatic heterocycles. The van der Waals surface area contributed by atoms with Crippen LogP contribution in [0.15, 0.2) is 35.7 Å². The van der Waals surface area contributed by atoms with Crippen LogP contribution in [0.4, 0.5) is 11.4 Å². The van der Waals surface area contributed by atoms with Gasteiger partial charge in [-0.05, 0) is 42.3 Å². The van der Waals surface area contributed by atoms with E-state index in [2.05, 4.69) is 11.4 Å². The molecule has 0 radical (unpaired) electrons. The molecule has 1 unspecified atom stereocenters. The smallest absolute Gasteiger partial charge is 0.296 e. The molecule has 1 N–H and O–H groups in total. The van der Waals surface area contributed by atoms with Gasteiger partial charge in [-0.25, -0.2) is 0 Å². The van der Waals surface area contributed by atoms with Crippen molar-refractivity contribution in [3.8, 4) is 5.75 Å². The first-order chi connectivity index (χ1) is 10.2. The van der Waals surface area contributed by atoms with Gasteiger partial charge < -0.3 is 10.1 Å². The second-order valence-corrected chi connectivity index (χ2v) is 6.09. The minimum atomic E-state index is -0.372. The van der Waals surface area contributed by atoms with E-state index in [9.17, 15) is 10.1 Å². The van der Waals surface area contributed by atoms with Crippen molar-refractivity contribution in [1.82, 2.24) is 0 Å². The number of nitrogens with one attached hydrogen (secondary N) is 1. The summed E-state index contributed by atoms with van der Waals surface area (Å²) in [5.74, 6) is 1.05. The highest BCUT2D eigenvalue weighted by atomic mass is 32.1.